The highest BCUT2D eigenvalue weighted by molar-refractivity contribution is 6.00. The average Bonchev–Trinajstić information content (AvgIpc) is 2.76. The Hall–Kier alpha value is -3.29. The predicted molar refractivity (Wildman–Crippen MR) is 126 cm³/mol. The fraction of sp³-hybridized carbons (Fsp3) is 0.480. The van der Waals surface area contributed by atoms with Crippen LogP contribution in [0.4, 0.5) is 0 Å². The number of phenolic OH excluding ortho intramolecular Hbond substituents is 2. The maximum absolute atomic E-state index is 12.6. The van der Waals surface area contributed by atoms with Crippen molar-refractivity contribution >= 4 is 17.6 Å². The van der Waals surface area contributed by atoms with Gasteiger partial charge in [0.2, 0.25) is 0 Å². The van der Waals surface area contributed by atoms with E-state index in [0.717, 1.165) is 31.7 Å². The molecular formula is C25H34N2O6. The summed E-state index contributed by atoms with van der Waals surface area (Å²) >= 11 is 0. The van der Waals surface area contributed by atoms with E-state index in [9.17, 15) is 19.8 Å². The summed E-state index contributed by atoms with van der Waals surface area (Å²) in [6.45, 7) is 5.34. The molecule has 33 heavy (non-hydrogen) atoms. The molecule has 2 N–H and O–H groups in total. The molecule has 0 aliphatic carbocycles. The summed E-state index contributed by atoms with van der Waals surface area (Å²) in [4.78, 5) is 32.2. The fourth-order valence-corrected chi connectivity index (χ4v) is 3.46. The van der Waals surface area contributed by atoms with Gasteiger partial charge < -0.3 is 24.7 Å². The molecule has 0 aromatic heterocycles. The number of amides is 1. The van der Waals surface area contributed by atoms with E-state index in [-0.39, 0.29) is 42.6 Å². The molecule has 0 unspecified atom stereocenters. The van der Waals surface area contributed by atoms with Crippen LogP contribution in [0.1, 0.15) is 61.9 Å². The van der Waals surface area contributed by atoms with Gasteiger partial charge in [0.15, 0.2) is 6.61 Å². The molecule has 1 aromatic carbocycles. The summed E-state index contributed by atoms with van der Waals surface area (Å²) < 4.78 is 5.28. The SMILES string of the molecule is CCCN(CCC)C(=O)CO/N=C1\C=C\CC/C=C/CCOC(=O)c2c(O)cc(O)cc2C1. The first kappa shape index (κ1) is 26.0. The second-order valence-electron chi connectivity index (χ2n) is 7.79. The third kappa shape index (κ3) is 8.63. The Morgan fingerprint density at radius 3 is 2.52 bits per heavy atom. The number of hydrogen-bond donors (Lipinski definition) is 2. The van der Waals surface area contributed by atoms with E-state index in [1.54, 1.807) is 11.0 Å². The van der Waals surface area contributed by atoms with Crippen molar-refractivity contribution in [3.8, 4) is 11.5 Å². The Labute approximate surface area is 195 Å². The number of fused-ring (bicyclic) bond motifs is 1. The van der Waals surface area contributed by atoms with Crippen LogP contribution < -0.4 is 0 Å². The maximum Gasteiger partial charge on any atom is 0.342 e. The molecule has 0 saturated carbocycles. The molecule has 8 heteroatoms. The lowest BCUT2D eigenvalue weighted by molar-refractivity contribution is -0.136. The Bertz CT molecular complexity index is 885. The van der Waals surface area contributed by atoms with E-state index in [2.05, 4.69) is 5.16 Å². The highest BCUT2D eigenvalue weighted by Crippen LogP contribution is 2.29. The van der Waals surface area contributed by atoms with Gasteiger partial charge in [-0.1, -0.05) is 37.2 Å². The fourth-order valence-electron chi connectivity index (χ4n) is 3.46. The number of cyclic esters (lactones) is 1. The molecule has 0 bridgehead atoms. The number of hydrogen-bond acceptors (Lipinski definition) is 7. The second kappa shape index (κ2) is 14.0. The first-order chi connectivity index (χ1) is 16.0. The Balaban J connectivity index is 2.27. The van der Waals surface area contributed by atoms with Crippen LogP contribution in [0.3, 0.4) is 0 Å². The minimum absolute atomic E-state index is 0.0249. The number of benzene rings is 1. The van der Waals surface area contributed by atoms with Crippen LogP contribution in [0.15, 0.2) is 41.6 Å². The highest BCUT2D eigenvalue weighted by Gasteiger charge is 2.21. The number of ether oxygens (including phenoxy) is 1. The minimum Gasteiger partial charge on any atom is -0.508 e. The first-order valence-electron chi connectivity index (χ1n) is 11.5. The van der Waals surface area contributed by atoms with E-state index in [1.165, 1.54) is 6.07 Å². The van der Waals surface area contributed by atoms with E-state index in [0.29, 0.717) is 30.8 Å². The van der Waals surface area contributed by atoms with Crippen LogP contribution in [0.25, 0.3) is 0 Å². The number of oxime groups is 1. The topological polar surface area (TPSA) is 109 Å². The Morgan fingerprint density at radius 1 is 1.09 bits per heavy atom. The van der Waals surface area contributed by atoms with Gasteiger partial charge in [-0.15, -0.1) is 0 Å². The Kier molecular flexibility index (Phi) is 11.0. The van der Waals surface area contributed by atoms with Crippen LogP contribution in [-0.4, -0.2) is 59.0 Å². The zero-order chi connectivity index (χ0) is 24.1. The number of carbonyl (C=O) groups excluding carboxylic acids is 2. The van der Waals surface area contributed by atoms with Gasteiger partial charge in [-0.05, 0) is 49.8 Å². The van der Waals surface area contributed by atoms with Crippen molar-refractivity contribution in [1.82, 2.24) is 4.90 Å². The molecule has 0 radical (unpaired) electrons. The highest BCUT2D eigenvalue weighted by atomic mass is 16.6. The molecule has 0 fully saturated rings. The maximum atomic E-state index is 12.6. The number of phenols is 2. The normalized spacial score (nSPS) is 18.0. The quantitative estimate of drug-likeness (QED) is 0.362. The summed E-state index contributed by atoms with van der Waals surface area (Å²) in [5.74, 6) is -1.37. The lowest BCUT2D eigenvalue weighted by Crippen LogP contribution is -2.35. The molecule has 1 aliphatic rings. The number of rotatable bonds is 7. The van der Waals surface area contributed by atoms with Crippen LogP contribution in [0.2, 0.25) is 0 Å². The number of esters is 1. The molecule has 1 aliphatic heterocycles. The standard InChI is InChI=1S/C25H34N2O6/c1-3-12-27(13-4-2)23(30)18-33-26-20-11-9-7-5-6-8-10-14-32-25(31)24-19(15-20)16-21(28)17-22(24)29/h6,8-9,11,16-17,28-29H,3-5,7,10,12-15,18H2,1-2H3/b8-6+,11-9+,26-20+. The molecule has 2 rings (SSSR count). The van der Waals surface area contributed by atoms with Crippen molar-refractivity contribution in [3.05, 3.63) is 47.6 Å². The van der Waals surface area contributed by atoms with Crippen LogP contribution in [0, 0.1) is 0 Å². The summed E-state index contributed by atoms with van der Waals surface area (Å²) in [6, 6.07) is 2.49. The smallest absolute Gasteiger partial charge is 0.342 e. The summed E-state index contributed by atoms with van der Waals surface area (Å²) in [6.07, 6.45) is 11.6. The van der Waals surface area contributed by atoms with Gasteiger partial charge in [0.25, 0.3) is 5.91 Å². The Morgan fingerprint density at radius 2 is 1.79 bits per heavy atom. The van der Waals surface area contributed by atoms with Crippen molar-refractivity contribution in [2.75, 3.05) is 26.3 Å². The van der Waals surface area contributed by atoms with E-state index < -0.39 is 5.97 Å². The number of aromatic hydroxyl groups is 2. The average molecular weight is 459 g/mol. The van der Waals surface area contributed by atoms with Crippen LogP contribution in [-0.2, 0) is 20.8 Å². The van der Waals surface area contributed by atoms with Crippen molar-refractivity contribution < 1.29 is 29.4 Å². The van der Waals surface area contributed by atoms with Crippen molar-refractivity contribution in [2.45, 2.75) is 52.4 Å². The summed E-state index contributed by atoms with van der Waals surface area (Å²) in [7, 11) is 0. The van der Waals surface area contributed by atoms with Gasteiger partial charge in [0.1, 0.15) is 17.1 Å². The molecule has 1 aromatic rings. The lowest BCUT2D eigenvalue weighted by atomic mass is 10.00. The monoisotopic (exact) mass is 458 g/mol. The van der Waals surface area contributed by atoms with Crippen molar-refractivity contribution in [1.29, 1.82) is 0 Å². The van der Waals surface area contributed by atoms with Gasteiger partial charge in [0.05, 0.1) is 12.3 Å². The number of nitrogens with zero attached hydrogens (tertiary/aromatic N) is 2. The zero-order valence-corrected chi connectivity index (χ0v) is 19.5. The molecule has 1 amide bonds. The second-order valence-corrected chi connectivity index (χ2v) is 7.79. The molecule has 8 nitrogen and oxygen atoms in total. The predicted octanol–water partition coefficient (Wildman–Crippen LogP) is 4.11. The van der Waals surface area contributed by atoms with E-state index >= 15 is 0 Å². The zero-order valence-electron chi connectivity index (χ0n) is 19.5. The molecule has 0 spiro atoms. The first-order valence-corrected chi connectivity index (χ1v) is 11.5. The van der Waals surface area contributed by atoms with Crippen LogP contribution >= 0.6 is 0 Å². The van der Waals surface area contributed by atoms with Gasteiger partial charge in [-0.2, -0.15) is 0 Å². The minimum atomic E-state index is -0.679. The van der Waals surface area contributed by atoms with Gasteiger partial charge >= 0.3 is 5.97 Å². The molecule has 1 heterocycles. The summed E-state index contributed by atoms with van der Waals surface area (Å²) in [5.41, 5.74) is 0.769. The van der Waals surface area contributed by atoms with Crippen molar-refractivity contribution in [3.63, 3.8) is 0 Å². The van der Waals surface area contributed by atoms with Gasteiger partial charge in [-0.3, -0.25) is 4.79 Å². The summed E-state index contributed by atoms with van der Waals surface area (Å²) in [5, 5.41) is 24.4. The van der Waals surface area contributed by atoms with E-state index in [4.69, 9.17) is 9.57 Å². The number of allylic oxidation sites excluding steroid dienone is 3. The van der Waals surface area contributed by atoms with Gasteiger partial charge in [-0.25, -0.2) is 4.79 Å². The number of carbonyl (C=O) groups is 2. The molecular weight excluding hydrogens is 424 g/mol. The lowest BCUT2D eigenvalue weighted by Gasteiger charge is -2.20. The third-order valence-electron chi connectivity index (χ3n) is 4.96. The van der Waals surface area contributed by atoms with E-state index in [1.807, 2.05) is 32.1 Å². The molecule has 0 atom stereocenters. The van der Waals surface area contributed by atoms with Crippen molar-refractivity contribution in [2.24, 2.45) is 5.16 Å². The van der Waals surface area contributed by atoms with Crippen LogP contribution in [0.5, 0.6) is 11.5 Å². The molecule has 0 saturated heterocycles. The largest absolute Gasteiger partial charge is 0.508 e. The van der Waals surface area contributed by atoms with Gasteiger partial charge in [0, 0.05) is 25.6 Å². The third-order valence-corrected chi connectivity index (χ3v) is 4.96. The molecule has 180 valence electrons.